The Labute approximate surface area is 117 Å². The molecule has 1 N–H and O–H groups in total. The zero-order valence-electron chi connectivity index (χ0n) is 10.4. The molecule has 0 spiro atoms. The third kappa shape index (κ3) is 5.88. The van der Waals surface area contributed by atoms with E-state index in [9.17, 15) is 4.79 Å². The highest BCUT2D eigenvalue weighted by Crippen LogP contribution is 2.07. The second-order valence-electron chi connectivity index (χ2n) is 3.64. The molecule has 0 heterocycles. The quantitative estimate of drug-likeness (QED) is 0.680. The predicted octanol–water partition coefficient (Wildman–Crippen LogP) is 2.81. The van der Waals surface area contributed by atoms with Crippen molar-refractivity contribution < 1.29 is 9.53 Å². The van der Waals surface area contributed by atoms with Crippen LogP contribution in [0.15, 0.2) is 30.3 Å². The van der Waals surface area contributed by atoms with Crippen LogP contribution in [0, 0.1) is 0 Å². The minimum Gasteiger partial charge on any atom is -0.448 e. The highest BCUT2D eigenvalue weighted by Gasteiger charge is 2.04. The van der Waals surface area contributed by atoms with Crippen LogP contribution >= 0.6 is 24.0 Å². The summed E-state index contributed by atoms with van der Waals surface area (Å²) in [6, 6.07) is 9.19. The SMILES string of the molecule is CN(C)C(=S)SCCOC(=O)Nc1ccccc1. The van der Waals surface area contributed by atoms with Gasteiger partial charge in [-0.2, -0.15) is 0 Å². The van der Waals surface area contributed by atoms with Gasteiger partial charge in [0.1, 0.15) is 10.9 Å². The highest BCUT2D eigenvalue weighted by molar-refractivity contribution is 8.22. The Hall–Kier alpha value is -1.27. The fourth-order valence-electron chi connectivity index (χ4n) is 1.07. The molecule has 0 saturated carbocycles. The Morgan fingerprint density at radius 3 is 2.67 bits per heavy atom. The summed E-state index contributed by atoms with van der Waals surface area (Å²) >= 11 is 6.58. The molecule has 1 aromatic rings. The van der Waals surface area contributed by atoms with Gasteiger partial charge in [0.05, 0.1) is 0 Å². The summed E-state index contributed by atoms with van der Waals surface area (Å²) in [6.07, 6.45) is -0.447. The second kappa shape index (κ2) is 7.94. The summed E-state index contributed by atoms with van der Waals surface area (Å²) in [4.78, 5) is 13.3. The molecule has 6 heteroatoms. The summed E-state index contributed by atoms with van der Waals surface area (Å²) in [5.74, 6) is 0.652. The third-order valence-corrected chi connectivity index (χ3v) is 3.63. The van der Waals surface area contributed by atoms with Crippen molar-refractivity contribution in [1.29, 1.82) is 0 Å². The fourth-order valence-corrected chi connectivity index (χ4v) is 1.92. The number of anilines is 1. The van der Waals surface area contributed by atoms with Crippen LogP contribution in [0.25, 0.3) is 0 Å². The van der Waals surface area contributed by atoms with Gasteiger partial charge in [-0.15, -0.1) is 0 Å². The summed E-state index contributed by atoms with van der Waals surface area (Å²) in [7, 11) is 3.77. The van der Waals surface area contributed by atoms with Gasteiger partial charge in [0.25, 0.3) is 0 Å². The Balaban J connectivity index is 2.16. The van der Waals surface area contributed by atoms with Gasteiger partial charge >= 0.3 is 6.09 Å². The Kier molecular flexibility index (Phi) is 6.53. The molecule has 0 aromatic heterocycles. The van der Waals surface area contributed by atoms with Crippen molar-refractivity contribution in [3.8, 4) is 0 Å². The van der Waals surface area contributed by atoms with Crippen molar-refractivity contribution in [3.05, 3.63) is 30.3 Å². The molecular weight excluding hydrogens is 268 g/mol. The van der Waals surface area contributed by atoms with E-state index in [4.69, 9.17) is 17.0 Å². The van der Waals surface area contributed by atoms with Gasteiger partial charge in [-0.1, -0.05) is 42.2 Å². The van der Waals surface area contributed by atoms with Gasteiger partial charge in [-0.3, -0.25) is 5.32 Å². The predicted molar refractivity (Wildman–Crippen MR) is 80.2 cm³/mol. The number of thiocarbonyl (C=S) groups is 1. The number of hydrogen-bond acceptors (Lipinski definition) is 4. The lowest BCUT2D eigenvalue weighted by molar-refractivity contribution is 0.169. The number of nitrogens with one attached hydrogen (secondary N) is 1. The first kappa shape index (κ1) is 14.8. The standard InChI is InChI=1S/C12H16N2O2S2/c1-14(2)12(17)18-9-8-16-11(15)13-10-6-4-3-5-7-10/h3-7H,8-9H2,1-2H3,(H,13,15). The van der Waals surface area contributed by atoms with Crippen LogP contribution in [0.1, 0.15) is 0 Å². The van der Waals surface area contributed by atoms with Crippen LogP contribution in [0.4, 0.5) is 10.5 Å². The molecule has 0 aliphatic carbocycles. The van der Waals surface area contributed by atoms with Crippen LogP contribution in [0.5, 0.6) is 0 Å². The third-order valence-electron chi connectivity index (χ3n) is 1.93. The normalized spacial score (nSPS) is 9.67. The van der Waals surface area contributed by atoms with Gasteiger partial charge in [-0.05, 0) is 12.1 Å². The molecular formula is C12H16N2O2S2. The molecule has 98 valence electrons. The van der Waals surface area contributed by atoms with Gasteiger partial charge in [0.2, 0.25) is 0 Å². The lowest BCUT2D eigenvalue weighted by Gasteiger charge is -2.12. The molecule has 0 unspecified atom stereocenters. The number of nitrogens with zero attached hydrogens (tertiary/aromatic N) is 1. The maximum atomic E-state index is 11.4. The first-order chi connectivity index (χ1) is 8.59. The molecule has 0 atom stereocenters. The van der Waals surface area contributed by atoms with Gasteiger partial charge in [0.15, 0.2) is 0 Å². The highest BCUT2D eigenvalue weighted by atomic mass is 32.2. The van der Waals surface area contributed by atoms with Crippen LogP contribution < -0.4 is 5.32 Å². The van der Waals surface area contributed by atoms with Crippen molar-refractivity contribution in [3.63, 3.8) is 0 Å². The number of ether oxygens (including phenoxy) is 1. The largest absolute Gasteiger partial charge is 0.448 e. The molecule has 1 aromatic carbocycles. The number of benzene rings is 1. The molecule has 0 bridgehead atoms. The van der Waals surface area contributed by atoms with E-state index in [1.807, 2.05) is 37.2 Å². The molecule has 18 heavy (non-hydrogen) atoms. The first-order valence-electron chi connectivity index (χ1n) is 5.42. The summed E-state index contributed by atoms with van der Waals surface area (Å²) in [6.45, 7) is 0.331. The average molecular weight is 284 g/mol. The molecule has 1 rings (SSSR count). The Morgan fingerprint density at radius 1 is 1.39 bits per heavy atom. The number of rotatable bonds is 4. The van der Waals surface area contributed by atoms with Crippen molar-refractivity contribution in [2.45, 2.75) is 0 Å². The summed E-state index contributed by atoms with van der Waals surface area (Å²) < 4.78 is 5.81. The van der Waals surface area contributed by atoms with Gasteiger partial charge < -0.3 is 9.64 Å². The number of thioether (sulfide) groups is 1. The van der Waals surface area contributed by atoms with E-state index in [1.165, 1.54) is 11.8 Å². The van der Waals surface area contributed by atoms with E-state index in [-0.39, 0.29) is 0 Å². The molecule has 0 saturated heterocycles. The minimum absolute atomic E-state index is 0.331. The number of carbonyl (C=O) groups excluding carboxylic acids is 1. The Bertz CT molecular complexity index is 396. The lowest BCUT2D eigenvalue weighted by Crippen LogP contribution is -2.19. The number of hydrogen-bond donors (Lipinski definition) is 1. The van der Waals surface area contributed by atoms with Crippen molar-refractivity contribution >= 4 is 40.1 Å². The van der Waals surface area contributed by atoms with Crippen LogP contribution in [-0.2, 0) is 4.74 Å². The van der Waals surface area contributed by atoms with Crippen molar-refractivity contribution in [2.24, 2.45) is 0 Å². The molecule has 0 aliphatic rings. The number of carbonyl (C=O) groups is 1. The molecule has 0 aliphatic heterocycles. The van der Waals surface area contributed by atoms with E-state index in [0.717, 1.165) is 10.0 Å². The Morgan fingerprint density at radius 2 is 2.06 bits per heavy atom. The number of para-hydroxylation sites is 1. The first-order valence-corrected chi connectivity index (χ1v) is 6.82. The maximum absolute atomic E-state index is 11.4. The topological polar surface area (TPSA) is 41.6 Å². The smallest absolute Gasteiger partial charge is 0.411 e. The van der Waals surface area contributed by atoms with E-state index in [1.54, 1.807) is 12.1 Å². The van der Waals surface area contributed by atoms with Gasteiger partial charge in [-0.25, -0.2) is 4.79 Å². The molecule has 1 amide bonds. The van der Waals surface area contributed by atoms with E-state index in [2.05, 4.69) is 5.32 Å². The van der Waals surface area contributed by atoms with Crippen LogP contribution in [0.3, 0.4) is 0 Å². The van der Waals surface area contributed by atoms with E-state index < -0.39 is 6.09 Å². The fraction of sp³-hybridized carbons (Fsp3) is 0.333. The van der Waals surface area contributed by atoms with E-state index >= 15 is 0 Å². The molecule has 4 nitrogen and oxygen atoms in total. The minimum atomic E-state index is -0.447. The lowest BCUT2D eigenvalue weighted by atomic mass is 10.3. The van der Waals surface area contributed by atoms with Crippen LogP contribution in [-0.4, -0.2) is 41.8 Å². The average Bonchev–Trinajstić information content (AvgIpc) is 2.35. The molecule has 0 radical (unpaired) electrons. The summed E-state index contributed by atoms with van der Waals surface area (Å²) in [5.41, 5.74) is 0.721. The molecule has 0 fully saturated rings. The second-order valence-corrected chi connectivity index (χ2v) is 5.36. The van der Waals surface area contributed by atoms with E-state index in [0.29, 0.717) is 12.4 Å². The van der Waals surface area contributed by atoms with Crippen molar-refractivity contribution in [2.75, 3.05) is 31.8 Å². The van der Waals surface area contributed by atoms with Crippen molar-refractivity contribution in [1.82, 2.24) is 4.90 Å². The van der Waals surface area contributed by atoms with Crippen LogP contribution in [0.2, 0.25) is 0 Å². The maximum Gasteiger partial charge on any atom is 0.411 e. The zero-order chi connectivity index (χ0) is 13.4. The number of amides is 1. The summed E-state index contributed by atoms with van der Waals surface area (Å²) in [5, 5.41) is 2.64. The monoisotopic (exact) mass is 284 g/mol. The van der Waals surface area contributed by atoms with Gasteiger partial charge in [0, 0.05) is 25.5 Å². The zero-order valence-corrected chi connectivity index (χ0v) is 12.0.